The minimum Gasteiger partial charge on any atom is -0.353 e. The number of aryl methyl sites for hydroxylation is 1. The molecule has 1 aliphatic heterocycles. The normalized spacial score (nSPS) is 14.0. The quantitative estimate of drug-likeness (QED) is 0.324. The lowest BCUT2D eigenvalue weighted by atomic mass is 10.2. The summed E-state index contributed by atoms with van der Waals surface area (Å²) in [5.41, 5.74) is 0.605. The topological polar surface area (TPSA) is 118 Å². The number of aromatic nitrogens is 3. The van der Waals surface area contributed by atoms with E-state index in [0.29, 0.717) is 55.0 Å². The van der Waals surface area contributed by atoms with Crippen molar-refractivity contribution in [3.05, 3.63) is 70.0 Å². The van der Waals surface area contributed by atoms with Gasteiger partial charge in [-0.15, -0.1) is 11.8 Å². The summed E-state index contributed by atoms with van der Waals surface area (Å²) in [7, 11) is 0. The molecule has 0 atom stereocenters. The summed E-state index contributed by atoms with van der Waals surface area (Å²) < 4.78 is 5.15. The van der Waals surface area contributed by atoms with E-state index < -0.39 is 4.92 Å². The van der Waals surface area contributed by atoms with Crippen LogP contribution >= 0.6 is 11.8 Å². The van der Waals surface area contributed by atoms with Crippen molar-refractivity contribution in [1.29, 1.82) is 0 Å². The van der Waals surface area contributed by atoms with Gasteiger partial charge in [-0.2, -0.15) is 4.98 Å². The number of anilines is 1. The van der Waals surface area contributed by atoms with Crippen molar-refractivity contribution in [3.8, 4) is 0 Å². The molecule has 0 radical (unpaired) electrons. The fourth-order valence-electron chi connectivity index (χ4n) is 3.29. The van der Waals surface area contributed by atoms with Gasteiger partial charge in [-0.25, -0.2) is 4.98 Å². The van der Waals surface area contributed by atoms with Gasteiger partial charge in [-0.3, -0.25) is 14.9 Å². The second kappa shape index (κ2) is 9.13. The van der Waals surface area contributed by atoms with E-state index in [1.165, 1.54) is 24.0 Å². The first-order chi connectivity index (χ1) is 15.0. The molecule has 1 saturated heterocycles. The zero-order chi connectivity index (χ0) is 21.8. The predicted octanol–water partition coefficient (Wildman–Crippen LogP) is 2.94. The number of hydrogen-bond donors (Lipinski definition) is 0. The SMILES string of the molecule is Cc1noc(CSc2ccccc2C(=O)N2CCN(c3ccc([N+](=O)[O-])cn3)CC2)n1. The van der Waals surface area contributed by atoms with Gasteiger partial charge in [-0.1, -0.05) is 17.3 Å². The molecule has 10 nitrogen and oxygen atoms in total. The molecule has 0 bridgehead atoms. The number of carbonyl (C=O) groups excluding carboxylic acids is 1. The molecule has 0 spiro atoms. The van der Waals surface area contributed by atoms with Crippen molar-refractivity contribution >= 4 is 29.2 Å². The van der Waals surface area contributed by atoms with Crippen LogP contribution in [0.4, 0.5) is 11.5 Å². The average Bonchev–Trinajstić information content (AvgIpc) is 3.22. The number of rotatable bonds is 6. The van der Waals surface area contributed by atoms with Gasteiger partial charge in [0.15, 0.2) is 5.82 Å². The Hall–Kier alpha value is -3.47. The molecular formula is C20H20N6O4S. The Morgan fingerprint density at radius 3 is 2.61 bits per heavy atom. The first kappa shape index (κ1) is 20.8. The first-order valence-corrected chi connectivity index (χ1v) is 10.7. The Balaban J connectivity index is 1.39. The van der Waals surface area contributed by atoms with Crippen LogP contribution in [0.2, 0.25) is 0 Å². The maximum absolute atomic E-state index is 13.2. The maximum atomic E-state index is 13.2. The summed E-state index contributed by atoms with van der Waals surface area (Å²) in [5, 5.41) is 14.6. The number of pyridine rings is 1. The first-order valence-electron chi connectivity index (χ1n) is 9.67. The minimum absolute atomic E-state index is 0.0267. The van der Waals surface area contributed by atoms with E-state index in [2.05, 4.69) is 15.1 Å². The fraction of sp³-hybridized carbons (Fsp3) is 0.300. The van der Waals surface area contributed by atoms with Gasteiger partial charge >= 0.3 is 0 Å². The average molecular weight is 440 g/mol. The van der Waals surface area contributed by atoms with Gasteiger partial charge in [0.1, 0.15) is 12.0 Å². The highest BCUT2D eigenvalue weighted by Gasteiger charge is 2.25. The molecule has 0 aliphatic carbocycles. The summed E-state index contributed by atoms with van der Waals surface area (Å²) in [5.74, 6) is 2.24. The molecule has 0 N–H and O–H groups in total. The Kier molecular flexibility index (Phi) is 6.12. The van der Waals surface area contributed by atoms with Crippen molar-refractivity contribution in [3.63, 3.8) is 0 Å². The third-order valence-electron chi connectivity index (χ3n) is 4.87. The standard InChI is InChI=1S/C20H20N6O4S/c1-14-22-19(30-23-14)13-31-17-5-3-2-4-16(17)20(27)25-10-8-24(9-11-25)18-7-6-15(12-21-18)26(28)29/h2-7,12H,8-11,13H2,1H3. The molecule has 31 heavy (non-hydrogen) atoms. The number of carbonyl (C=O) groups is 1. The van der Waals surface area contributed by atoms with Crippen LogP contribution in [0.3, 0.4) is 0 Å². The van der Waals surface area contributed by atoms with Crippen LogP contribution in [0, 0.1) is 17.0 Å². The number of amides is 1. The maximum Gasteiger partial charge on any atom is 0.287 e. The molecule has 1 aromatic carbocycles. The van der Waals surface area contributed by atoms with E-state index in [1.807, 2.05) is 34.1 Å². The third-order valence-corrected chi connectivity index (χ3v) is 5.93. The Morgan fingerprint density at radius 2 is 1.97 bits per heavy atom. The van der Waals surface area contributed by atoms with Gasteiger partial charge < -0.3 is 14.3 Å². The van der Waals surface area contributed by atoms with Crippen LogP contribution in [0.5, 0.6) is 0 Å². The van der Waals surface area contributed by atoms with Crippen LogP contribution in [0.1, 0.15) is 22.1 Å². The smallest absolute Gasteiger partial charge is 0.287 e. The van der Waals surface area contributed by atoms with E-state index in [0.717, 1.165) is 4.90 Å². The van der Waals surface area contributed by atoms with Crippen LogP contribution in [0.25, 0.3) is 0 Å². The summed E-state index contributed by atoms with van der Waals surface area (Å²) in [6.07, 6.45) is 1.26. The van der Waals surface area contributed by atoms with Gasteiger partial charge in [0, 0.05) is 37.1 Å². The molecule has 3 heterocycles. The van der Waals surface area contributed by atoms with Gasteiger partial charge in [0.05, 0.1) is 16.2 Å². The van der Waals surface area contributed by atoms with E-state index in [1.54, 1.807) is 13.0 Å². The van der Waals surface area contributed by atoms with Crippen LogP contribution in [0.15, 0.2) is 52.0 Å². The second-order valence-electron chi connectivity index (χ2n) is 6.93. The lowest BCUT2D eigenvalue weighted by Crippen LogP contribution is -2.49. The van der Waals surface area contributed by atoms with E-state index in [-0.39, 0.29) is 11.6 Å². The number of benzene rings is 1. The molecule has 1 aliphatic rings. The lowest BCUT2D eigenvalue weighted by Gasteiger charge is -2.35. The van der Waals surface area contributed by atoms with Gasteiger partial charge in [-0.05, 0) is 25.1 Å². The van der Waals surface area contributed by atoms with Crippen molar-refractivity contribution in [2.75, 3.05) is 31.1 Å². The molecule has 0 unspecified atom stereocenters. The Labute approximate surface area is 182 Å². The molecule has 1 amide bonds. The van der Waals surface area contributed by atoms with E-state index >= 15 is 0 Å². The summed E-state index contributed by atoms with van der Waals surface area (Å²) >= 11 is 1.49. The molecular weight excluding hydrogens is 420 g/mol. The second-order valence-corrected chi connectivity index (χ2v) is 7.95. The van der Waals surface area contributed by atoms with Crippen molar-refractivity contribution in [1.82, 2.24) is 20.0 Å². The van der Waals surface area contributed by atoms with Gasteiger partial charge in [0.2, 0.25) is 5.89 Å². The van der Waals surface area contributed by atoms with Crippen LogP contribution in [-0.2, 0) is 5.75 Å². The summed E-state index contributed by atoms with van der Waals surface area (Å²) in [4.78, 5) is 36.6. The Morgan fingerprint density at radius 1 is 1.19 bits per heavy atom. The largest absolute Gasteiger partial charge is 0.353 e. The molecule has 160 valence electrons. The number of hydrogen-bond acceptors (Lipinski definition) is 9. The number of thioether (sulfide) groups is 1. The van der Waals surface area contributed by atoms with Crippen molar-refractivity contribution in [2.45, 2.75) is 17.6 Å². The number of nitro groups is 1. The van der Waals surface area contributed by atoms with Crippen molar-refractivity contribution in [2.24, 2.45) is 0 Å². The molecule has 11 heteroatoms. The molecule has 3 aromatic rings. The van der Waals surface area contributed by atoms with Crippen LogP contribution in [-0.4, -0.2) is 57.0 Å². The van der Waals surface area contributed by atoms with Gasteiger partial charge in [0.25, 0.3) is 11.6 Å². The molecule has 1 fully saturated rings. The minimum atomic E-state index is -0.470. The highest BCUT2D eigenvalue weighted by molar-refractivity contribution is 7.98. The Bertz CT molecular complexity index is 1080. The van der Waals surface area contributed by atoms with Crippen LogP contribution < -0.4 is 4.90 Å². The molecule has 0 saturated carbocycles. The van der Waals surface area contributed by atoms with E-state index in [4.69, 9.17) is 4.52 Å². The number of piperazine rings is 1. The lowest BCUT2D eigenvalue weighted by molar-refractivity contribution is -0.385. The fourth-order valence-corrected chi connectivity index (χ4v) is 4.17. The number of nitrogens with zero attached hydrogens (tertiary/aromatic N) is 6. The van der Waals surface area contributed by atoms with Crippen molar-refractivity contribution < 1.29 is 14.2 Å². The molecule has 2 aromatic heterocycles. The summed E-state index contributed by atoms with van der Waals surface area (Å²) in [6, 6.07) is 10.6. The predicted molar refractivity (Wildman–Crippen MR) is 114 cm³/mol. The molecule has 4 rings (SSSR count). The van der Waals surface area contributed by atoms with E-state index in [9.17, 15) is 14.9 Å². The third kappa shape index (κ3) is 4.82. The summed E-state index contributed by atoms with van der Waals surface area (Å²) in [6.45, 7) is 4.06. The zero-order valence-corrected chi connectivity index (χ0v) is 17.6. The highest BCUT2D eigenvalue weighted by Crippen LogP contribution is 2.27. The zero-order valence-electron chi connectivity index (χ0n) is 16.8. The monoisotopic (exact) mass is 440 g/mol. The highest BCUT2D eigenvalue weighted by atomic mass is 32.2.